The third-order valence-electron chi connectivity index (χ3n) is 2.63. The van der Waals surface area contributed by atoms with Crippen molar-refractivity contribution in [3.63, 3.8) is 0 Å². The third-order valence-corrected chi connectivity index (χ3v) is 2.63. The first kappa shape index (κ1) is 13.2. The highest BCUT2D eigenvalue weighted by Gasteiger charge is 2.09. The normalized spacial score (nSPS) is 10.5. The van der Waals surface area contributed by atoms with Crippen LogP contribution in [0.1, 0.15) is 18.2 Å². The second-order valence-corrected chi connectivity index (χ2v) is 4.11. The second-order valence-electron chi connectivity index (χ2n) is 4.11. The van der Waals surface area contributed by atoms with Crippen molar-refractivity contribution in [3.05, 3.63) is 47.2 Å². The number of hydrogen-bond donors (Lipinski definition) is 2. The molecule has 1 aromatic heterocycles. The molecule has 0 aliphatic rings. The van der Waals surface area contributed by atoms with Crippen LogP contribution in [0.3, 0.4) is 0 Å². The zero-order valence-corrected chi connectivity index (χ0v) is 10.3. The summed E-state index contributed by atoms with van der Waals surface area (Å²) in [5, 5.41) is 9.26. The zero-order chi connectivity index (χ0) is 13.8. The number of aromatic amines is 1. The average Bonchev–Trinajstić information content (AvgIpc) is 2.81. The van der Waals surface area contributed by atoms with E-state index in [-0.39, 0.29) is 12.3 Å². The Hall–Kier alpha value is -2.24. The van der Waals surface area contributed by atoms with Crippen LogP contribution in [0.5, 0.6) is 0 Å². The number of halogens is 2. The predicted octanol–water partition coefficient (Wildman–Crippen LogP) is 2.43. The molecule has 19 heavy (non-hydrogen) atoms. The van der Waals surface area contributed by atoms with E-state index >= 15 is 0 Å². The van der Waals surface area contributed by atoms with Gasteiger partial charge in [-0.25, -0.2) is 8.78 Å². The number of aryl methyl sites for hydroxylation is 1. The molecule has 2 aromatic rings. The largest absolute Gasteiger partial charge is 0.309 e. The topological polar surface area (TPSA) is 57.8 Å². The van der Waals surface area contributed by atoms with E-state index < -0.39 is 11.6 Å². The number of aromatic nitrogens is 2. The number of carbonyl (C=O) groups excluding carboxylic acids is 1. The van der Waals surface area contributed by atoms with Gasteiger partial charge in [-0.15, -0.1) is 0 Å². The van der Waals surface area contributed by atoms with Crippen molar-refractivity contribution >= 4 is 11.7 Å². The van der Waals surface area contributed by atoms with E-state index in [1.807, 2.05) is 6.92 Å². The third kappa shape index (κ3) is 3.37. The SMILES string of the molecule is CCc1cc(NC(=O)Cc2ccc(F)c(F)c2)n[nH]1. The molecule has 2 N–H and O–H groups in total. The summed E-state index contributed by atoms with van der Waals surface area (Å²) in [7, 11) is 0. The summed E-state index contributed by atoms with van der Waals surface area (Å²) in [5.41, 5.74) is 1.31. The molecule has 0 saturated heterocycles. The highest BCUT2D eigenvalue weighted by atomic mass is 19.2. The molecular formula is C13H13F2N3O. The summed E-state index contributed by atoms with van der Waals surface area (Å²) in [6.45, 7) is 1.96. The number of benzene rings is 1. The monoisotopic (exact) mass is 265 g/mol. The highest BCUT2D eigenvalue weighted by Crippen LogP contribution is 2.11. The Bertz CT molecular complexity index is 595. The lowest BCUT2D eigenvalue weighted by molar-refractivity contribution is -0.115. The van der Waals surface area contributed by atoms with Crippen molar-refractivity contribution in [2.75, 3.05) is 5.32 Å². The van der Waals surface area contributed by atoms with Crippen LogP contribution in [-0.2, 0) is 17.6 Å². The lowest BCUT2D eigenvalue weighted by Crippen LogP contribution is -2.14. The first-order valence-electron chi connectivity index (χ1n) is 5.86. The second kappa shape index (κ2) is 5.60. The maximum absolute atomic E-state index is 13.0. The van der Waals surface area contributed by atoms with Gasteiger partial charge in [0.05, 0.1) is 6.42 Å². The molecule has 2 rings (SSSR count). The number of nitrogens with zero attached hydrogens (tertiary/aromatic N) is 1. The van der Waals surface area contributed by atoms with Gasteiger partial charge in [-0.05, 0) is 24.1 Å². The number of nitrogens with one attached hydrogen (secondary N) is 2. The molecule has 4 nitrogen and oxygen atoms in total. The van der Waals surface area contributed by atoms with Gasteiger partial charge in [-0.1, -0.05) is 13.0 Å². The summed E-state index contributed by atoms with van der Waals surface area (Å²) >= 11 is 0. The predicted molar refractivity (Wildman–Crippen MR) is 66.7 cm³/mol. The van der Waals surface area contributed by atoms with Crippen LogP contribution < -0.4 is 5.32 Å². The van der Waals surface area contributed by atoms with Gasteiger partial charge in [0.25, 0.3) is 0 Å². The molecule has 0 radical (unpaired) electrons. The molecular weight excluding hydrogens is 252 g/mol. The van der Waals surface area contributed by atoms with Crippen molar-refractivity contribution in [1.82, 2.24) is 10.2 Å². The molecule has 1 heterocycles. The van der Waals surface area contributed by atoms with Crippen LogP contribution in [0.4, 0.5) is 14.6 Å². The lowest BCUT2D eigenvalue weighted by atomic mass is 10.1. The van der Waals surface area contributed by atoms with E-state index in [1.165, 1.54) is 6.07 Å². The average molecular weight is 265 g/mol. The minimum Gasteiger partial charge on any atom is -0.309 e. The van der Waals surface area contributed by atoms with Gasteiger partial charge in [0.1, 0.15) is 0 Å². The molecule has 0 aliphatic heterocycles. The van der Waals surface area contributed by atoms with Crippen molar-refractivity contribution in [2.24, 2.45) is 0 Å². The van der Waals surface area contributed by atoms with Crippen molar-refractivity contribution in [2.45, 2.75) is 19.8 Å². The Kier molecular flexibility index (Phi) is 3.89. The number of rotatable bonds is 4. The number of anilines is 1. The van der Waals surface area contributed by atoms with Crippen LogP contribution in [0.15, 0.2) is 24.3 Å². The quantitative estimate of drug-likeness (QED) is 0.892. The Labute approximate surface area is 108 Å². The fraction of sp³-hybridized carbons (Fsp3) is 0.231. The van der Waals surface area contributed by atoms with Gasteiger partial charge >= 0.3 is 0 Å². The number of hydrogen-bond acceptors (Lipinski definition) is 2. The van der Waals surface area contributed by atoms with Crippen molar-refractivity contribution in [3.8, 4) is 0 Å². The Morgan fingerprint density at radius 1 is 1.32 bits per heavy atom. The van der Waals surface area contributed by atoms with E-state index in [1.54, 1.807) is 6.07 Å². The van der Waals surface area contributed by atoms with Crippen molar-refractivity contribution in [1.29, 1.82) is 0 Å². The molecule has 0 bridgehead atoms. The van der Waals surface area contributed by atoms with Gasteiger partial charge in [-0.3, -0.25) is 9.89 Å². The fourth-order valence-electron chi connectivity index (χ4n) is 1.63. The molecule has 0 spiro atoms. The van der Waals surface area contributed by atoms with E-state index in [4.69, 9.17) is 0 Å². The molecule has 0 saturated carbocycles. The number of H-pyrrole nitrogens is 1. The van der Waals surface area contributed by atoms with Crippen LogP contribution in [0, 0.1) is 11.6 Å². The molecule has 0 unspecified atom stereocenters. The fourth-order valence-corrected chi connectivity index (χ4v) is 1.63. The smallest absolute Gasteiger partial charge is 0.229 e. The Morgan fingerprint density at radius 2 is 2.11 bits per heavy atom. The van der Waals surface area contributed by atoms with E-state index in [0.717, 1.165) is 24.2 Å². The van der Waals surface area contributed by atoms with Crippen LogP contribution in [0.25, 0.3) is 0 Å². The Morgan fingerprint density at radius 3 is 2.74 bits per heavy atom. The van der Waals surface area contributed by atoms with Gasteiger partial charge < -0.3 is 5.32 Å². The maximum Gasteiger partial charge on any atom is 0.229 e. The Balaban J connectivity index is 1.98. The summed E-state index contributed by atoms with van der Waals surface area (Å²) in [6.07, 6.45) is 0.748. The molecule has 1 amide bonds. The maximum atomic E-state index is 13.0. The summed E-state index contributed by atoms with van der Waals surface area (Å²) < 4.78 is 25.7. The van der Waals surface area contributed by atoms with Crippen LogP contribution in [-0.4, -0.2) is 16.1 Å². The van der Waals surface area contributed by atoms with Gasteiger partial charge in [0, 0.05) is 11.8 Å². The van der Waals surface area contributed by atoms with E-state index in [2.05, 4.69) is 15.5 Å². The molecule has 6 heteroatoms. The molecule has 100 valence electrons. The summed E-state index contributed by atoms with van der Waals surface area (Å²) in [4.78, 5) is 11.7. The first-order chi connectivity index (χ1) is 9.08. The van der Waals surface area contributed by atoms with Gasteiger partial charge in [-0.2, -0.15) is 5.10 Å². The summed E-state index contributed by atoms with van der Waals surface area (Å²) in [6, 6.07) is 5.11. The molecule has 0 fully saturated rings. The molecule has 1 aromatic carbocycles. The molecule has 0 atom stereocenters. The van der Waals surface area contributed by atoms with Crippen molar-refractivity contribution < 1.29 is 13.6 Å². The van der Waals surface area contributed by atoms with Crippen LogP contribution >= 0.6 is 0 Å². The minimum absolute atomic E-state index is 0.0362. The molecule has 0 aliphatic carbocycles. The minimum atomic E-state index is -0.960. The lowest BCUT2D eigenvalue weighted by Gasteiger charge is -2.02. The number of amides is 1. The first-order valence-corrected chi connectivity index (χ1v) is 5.86. The zero-order valence-electron chi connectivity index (χ0n) is 10.3. The van der Waals surface area contributed by atoms with Gasteiger partial charge in [0.2, 0.25) is 5.91 Å². The summed E-state index contributed by atoms with van der Waals surface area (Å²) in [5.74, 6) is -1.80. The highest BCUT2D eigenvalue weighted by molar-refractivity contribution is 5.91. The van der Waals surface area contributed by atoms with E-state index in [0.29, 0.717) is 11.4 Å². The van der Waals surface area contributed by atoms with Gasteiger partial charge in [0.15, 0.2) is 17.5 Å². The number of carbonyl (C=O) groups is 1. The van der Waals surface area contributed by atoms with E-state index in [9.17, 15) is 13.6 Å². The van der Waals surface area contributed by atoms with Crippen LogP contribution in [0.2, 0.25) is 0 Å². The standard InChI is InChI=1S/C13H13F2N3O/c1-2-9-7-12(18-17-9)16-13(19)6-8-3-4-10(14)11(15)5-8/h3-5,7H,2,6H2,1H3,(H2,16,17,18,19).